The second kappa shape index (κ2) is 6.80. The summed E-state index contributed by atoms with van der Waals surface area (Å²) in [7, 11) is 1.69. The average Bonchev–Trinajstić information content (AvgIpc) is 2.38. The summed E-state index contributed by atoms with van der Waals surface area (Å²) < 4.78 is 11.4. The Labute approximate surface area is 116 Å². The second-order valence-electron chi connectivity index (χ2n) is 5.43. The van der Waals surface area contributed by atoms with Gasteiger partial charge in [-0.2, -0.15) is 0 Å². The van der Waals surface area contributed by atoms with E-state index in [4.69, 9.17) is 15.2 Å². The summed E-state index contributed by atoms with van der Waals surface area (Å²) in [6, 6.07) is 6.23. The summed E-state index contributed by atoms with van der Waals surface area (Å²) in [5, 5.41) is 0. The van der Waals surface area contributed by atoms with Crippen LogP contribution < -0.4 is 15.2 Å². The van der Waals surface area contributed by atoms with Gasteiger partial charge in [-0.3, -0.25) is 0 Å². The molecule has 3 heteroatoms. The predicted molar refractivity (Wildman–Crippen MR) is 77.8 cm³/mol. The van der Waals surface area contributed by atoms with Gasteiger partial charge in [0.1, 0.15) is 0 Å². The Morgan fingerprint density at radius 2 is 2.16 bits per heavy atom. The minimum Gasteiger partial charge on any atom is -0.493 e. The molecule has 0 amide bonds. The Hall–Kier alpha value is -1.22. The number of methoxy groups -OCH3 is 1. The molecule has 0 heterocycles. The van der Waals surface area contributed by atoms with Crippen LogP contribution in [-0.4, -0.2) is 19.8 Å². The topological polar surface area (TPSA) is 44.5 Å². The Kier molecular flexibility index (Phi) is 5.08. The minimum atomic E-state index is 0.179. The molecular formula is C16H25NO2. The molecule has 1 aromatic carbocycles. The molecule has 0 bridgehead atoms. The van der Waals surface area contributed by atoms with Gasteiger partial charge in [0.2, 0.25) is 0 Å². The number of ether oxygens (including phenoxy) is 2. The second-order valence-corrected chi connectivity index (χ2v) is 5.43. The summed E-state index contributed by atoms with van der Waals surface area (Å²) >= 11 is 0. The first-order valence-corrected chi connectivity index (χ1v) is 7.28. The maximum absolute atomic E-state index is 6.06. The van der Waals surface area contributed by atoms with Crippen LogP contribution in [-0.2, 0) is 6.42 Å². The Balaban J connectivity index is 2.10. The van der Waals surface area contributed by atoms with Crippen LogP contribution in [0.3, 0.4) is 0 Å². The van der Waals surface area contributed by atoms with Crippen LogP contribution in [0.15, 0.2) is 18.2 Å². The van der Waals surface area contributed by atoms with Crippen molar-refractivity contribution in [3.63, 3.8) is 0 Å². The van der Waals surface area contributed by atoms with Gasteiger partial charge in [-0.15, -0.1) is 0 Å². The van der Waals surface area contributed by atoms with E-state index in [1.54, 1.807) is 7.11 Å². The first kappa shape index (κ1) is 14.2. The lowest BCUT2D eigenvalue weighted by atomic mass is 9.86. The maximum Gasteiger partial charge on any atom is 0.164 e. The quantitative estimate of drug-likeness (QED) is 0.822. The minimum absolute atomic E-state index is 0.179. The number of hydrogen-bond acceptors (Lipinski definition) is 3. The molecule has 1 aromatic rings. The van der Waals surface area contributed by atoms with Gasteiger partial charge in [0.15, 0.2) is 11.5 Å². The number of para-hydroxylation sites is 1. The predicted octanol–water partition coefficient (Wildman–Crippen LogP) is 3.15. The highest BCUT2D eigenvalue weighted by Gasteiger charge is 2.20. The summed E-state index contributed by atoms with van der Waals surface area (Å²) in [5.74, 6) is 2.43. The van der Waals surface area contributed by atoms with Gasteiger partial charge in [0.05, 0.1) is 13.7 Å². The molecular weight excluding hydrogens is 238 g/mol. The van der Waals surface area contributed by atoms with Crippen LogP contribution in [0.25, 0.3) is 0 Å². The maximum atomic E-state index is 6.06. The van der Waals surface area contributed by atoms with Crippen molar-refractivity contribution in [2.24, 2.45) is 11.7 Å². The molecule has 1 fully saturated rings. The lowest BCUT2D eigenvalue weighted by molar-refractivity contribution is 0.174. The number of nitrogens with two attached hydrogens (primary N) is 1. The standard InChI is InChI=1S/C16H25NO2/c1-3-14(17)10-13-8-5-9-15(18-2)16(13)19-11-12-6-4-7-12/h5,8-9,12,14H,3-4,6-7,10-11,17H2,1-2H3. The molecule has 2 rings (SSSR count). The average molecular weight is 263 g/mol. The number of rotatable bonds is 7. The van der Waals surface area contributed by atoms with Gasteiger partial charge in [-0.25, -0.2) is 0 Å². The molecule has 0 aliphatic heterocycles. The van der Waals surface area contributed by atoms with E-state index < -0.39 is 0 Å². The zero-order valence-electron chi connectivity index (χ0n) is 12.0. The van der Waals surface area contributed by atoms with Crippen molar-refractivity contribution >= 4 is 0 Å². The van der Waals surface area contributed by atoms with Gasteiger partial charge in [0, 0.05) is 6.04 Å². The lowest BCUT2D eigenvalue weighted by Crippen LogP contribution is -2.23. The van der Waals surface area contributed by atoms with E-state index in [1.165, 1.54) is 19.3 Å². The highest BCUT2D eigenvalue weighted by atomic mass is 16.5. The monoisotopic (exact) mass is 263 g/mol. The van der Waals surface area contributed by atoms with E-state index in [0.29, 0.717) is 0 Å². The molecule has 2 N–H and O–H groups in total. The smallest absolute Gasteiger partial charge is 0.164 e. The Morgan fingerprint density at radius 3 is 2.74 bits per heavy atom. The summed E-state index contributed by atoms with van der Waals surface area (Å²) in [6.07, 6.45) is 5.73. The third-order valence-corrected chi connectivity index (χ3v) is 3.97. The largest absolute Gasteiger partial charge is 0.493 e. The van der Waals surface area contributed by atoms with E-state index in [9.17, 15) is 0 Å². The van der Waals surface area contributed by atoms with Gasteiger partial charge in [0.25, 0.3) is 0 Å². The van der Waals surface area contributed by atoms with E-state index in [2.05, 4.69) is 13.0 Å². The first-order chi connectivity index (χ1) is 9.24. The third-order valence-electron chi connectivity index (χ3n) is 3.97. The fourth-order valence-corrected chi connectivity index (χ4v) is 2.33. The van der Waals surface area contributed by atoms with E-state index >= 15 is 0 Å². The highest BCUT2D eigenvalue weighted by Crippen LogP contribution is 2.34. The third kappa shape index (κ3) is 3.63. The fraction of sp³-hybridized carbons (Fsp3) is 0.625. The molecule has 1 atom stereocenters. The normalized spacial score (nSPS) is 16.8. The molecule has 0 spiro atoms. The summed E-state index contributed by atoms with van der Waals surface area (Å²) in [4.78, 5) is 0. The molecule has 0 radical (unpaired) electrons. The Bertz CT molecular complexity index is 402. The molecule has 1 aliphatic carbocycles. The molecule has 3 nitrogen and oxygen atoms in total. The van der Waals surface area contributed by atoms with Gasteiger partial charge >= 0.3 is 0 Å². The van der Waals surface area contributed by atoms with E-state index in [0.717, 1.165) is 42.4 Å². The van der Waals surface area contributed by atoms with Crippen molar-refractivity contribution in [3.05, 3.63) is 23.8 Å². The molecule has 0 aromatic heterocycles. The zero-order valence-corrected chi connectivity index (χ0v) is 12.0. The van der Waals surface area contributed by atoms with Gasteiger partial charge in [-0.1, -0.05) is 25.5 Å². The van der Waals surface area contributed by atoms with Crippen LogP contribution in [0, 0.1) is 5.92 Å². The first-order valence-electron chi connectivity index (χ1n) is 7.28. The molecule has 0 saturated heterocycles. The van der Waals surface area contributed by atoms with Crippen LogP contribution in [0.4, 0.5) is 0 Å². The number of benzene rings is 1. The molecule has 106 valence electrons. The van der Waals surface area contributed by atoms with Gasteiger partial charge < -0.3 is 15.2 Å². The van der Waals surface area contributed by atoms with Gasteiger partial charge in [-0.05, 0) is 43.2 Å². The van der Waals surface area contributed by atoms with Crippen LogP contribution in [0.1, 0.15) is 38.2 Å². The Morgan fingerprint density at radius 1 is 1.37 bits per heavy atom. The fourth-order valence-electron chi connectivity index (χ4n) is 2.33. The van der Waals surface area contributed by atoms with Crippen LogP contribution >= 0.6 is 0 Å². The van der Waals surface area contributed by atoms with Crippen molar-refractivity contribution in [2.75, 3.05) is 13.7 Å². The summed E-state index contributed by atoms with van der Waals surface area (Å²) in [5.41, 5.74) is 7.22. The van der Waals surface area contributed by atoms with Crippen molar-refractivity contribution in [1.82, 2.24) is 0 Å². The summed E-state index contributed by atoms with van der Waals surface area (Å²) in [6.45, 7) is 2.91. The lowest BCUT2D eigenvalue weighted by Gasteiger charge is -2.26. The van der Waals surface area contributed by atoms with Crippen LogP contribution in [0.5, 0.6) is 11.5 Å². The van der Waals surface area contributed by atoms with E-state index in [1.807, 2.05) is 12.1 Å². The van der Waals surface area contributed by atoms with Crippen molar-refractivity contribution in [3.8, 4) is 11.5 Å². The molecule has 1 saturated carbocycles. The van der Waals surface area contributed by atoms with Crippen molar-refractivity contribution < 1.29 is 9.47 Å². The van der Waals surface area contributed by atoms with E-state index in [-0.39, 0.29) is 6.04 Å². The molecule has 19 heavy (non-hydrogen) atoms. The van der Waals surface area contributed by atoms with Crippen molar-refractivity contribution in [1.29, 1.82) is 0 Å². The number of hydrogen-bond donors (Lipinski definition) is 1. The highest BCUT2D eigenvalue weighted by molar-refractivity contribution is 5.47. The zero-order chi connectivity index (χ0) is 13.7. The van der Waals surface area contributed by atoms with Crippen molar-refractivity contribution in [2.45, 2.75) is 45.1 Å². The molecule has 1 aliphatic rings. The SMILES string of the molecule is CCC(N)Cc1cccc(OC)c1OCC1CCC1. The van der Waals surface area contributed by atoms with Crippen LogP contribution in [0.2, 0.25) is 0 Å². The molecule has 1 unspecified atom stereocenters.